The van der Waals surface area contributed by atoms with Gasteiger partial charge in [-0.05, 0) is 30.2 Å². The number of nitrogens with one attached hydrogen (secondary N) is 2. The van der Waals surface area contributed by atoms with E-state index in [1.165, 1.54) is 7.11 Å². The monoisotopic (exact) mass is 396 g/mol. The van der Waals surface area contributed by atoms with Gasteiger partial charge in [0.05, 0.1) is 19.7 Å². The maximum atomic E-state index is 12.9. The van der Waals surface area contributed by atoms with Gasteiger partial charge < -0.3 is 20.1 Å². The number of carbonyl (C=O) groups is 2. The molecule has 0 aliphatic carbocycles. The zero-order chi connectivity index (χ0) is 21.0. The zero-order valence-corrected chi connectivity index (χ0v) is 16.9. The van der Waals surface area contributed by atoms with E-state index in [9.17, 15) is 9.59 Å². The molecule has 8 heteroatoms. The lowest BCUT2D eigenvalue weighted by atomic mass is 10.2. The van der Waals surface area contributed by atoms with Gasteiger partial charge in [-0.15, -0.1) is 0 Å². The summed E-state index contributed by atoms with van der Waals surface area (Å²) in [6, 6.07) is 10.4. The van der Waals surface area contributed by atoms with Crippen molar-refractivity contribution in [1.82, 2.24) is 14.7 Å². The molecule has 0 fully saturated rings. The number of ether oxygens (including phenoxy) is 2. The SMILES string of the molecule is COc1ccc(NC(=O)c2nc(C(=O)NCC(C)C)n3ccccc23)cc1OC. The molecular weight excluding hydrogens is 372 g/mol. The van der Waals surface area contributed by atoms with Gasteiger partial charge in [0.15, 0.2) is 17.2 Å². The Hall–Kier alpha value is -3.55. The Balaban J connectivity index is 1.91. The number of amides is 2. The number of imidazole rings is 1. The number of rotatable bonds is 7. The summed E-state index contributed by atoms with van der Waals surface area (Å²) in [4.78, 5) is 29.8. The number of nitrogens with zero attached hydrogens (tertiary/aromatic N) is 2. The Kier molecular flexibility index (Phi) is 6.01. The van der Waals surface area contributed by atoms with Crippen LogP contribution >= 0.6 is 0 Å². The smallest absolute Gasteiger partial charge is 0.287 e. The zero-order valence-electron chi connectivity index (χ0n) is 16.9. The third-order valence-electron chi connectivity index (χ3n) is 4.28. The molecule has 2 amide bonds. The molecule has 0 aliphatic heterocycles. The fraction of sp³-hybridized carbons (Fsp3) is 0.286. The number of methoxy groups -OCH3 is 2. The van der Waals surface area contributed by atoms with Crippen LogP contribution < -0.4 is 20.1 Å². The van der Waals surface area contributed by atoms with Crippen LogP contribution in [0.1, 0.15) is 35.0 Å². The maximum absolute atomic E-state index is 12.9. The summed E-state index contributed by atoms with van der Waals surface area (Å²) in [5.41, 5.74) is 1.23. The molecule has 8 nitrogen and oxygen atoms in total. The van der Waals surface area contributed by atoms with E-state index in [2.05, 4.69) is 15.6 Å². The number of hydrogen-bond donors (Lipinski definition) is 2. The Morgan fingerprint density at radius 1 is 1.07 bits per heavy atom. The fourth-order valence-electron chi connectivity index (χ4n) is 2.85. The van der Waals surface area contributed by atoms with Crippen LogP contribution in [0, 0.1) is 5.92 Å². The van der Waals surface area contributed by atoms with Crippen LogP contribution in [0.25, 0.3) is 5.52 Å². The lowest BCUT2D eigenvalue weighted by Crippen LogP contribution is -2.29. The molecule has 0 saturated heterocycles. The standard InChI is InChI=1S/C21H24N4O4/c1-13(2)12-22-21(27)19-24-18(15-7-5-6-10-25(15)19)20(26)23-14-8-9-16(28-3)17(11-14)29-4/h5-11,13H,12H2,1-4H3,(H,22,27)(H,23,26). The predicted molar refractivity (Wildman–Crippen MR) is 110 cm³/mol. The highest BCUT2D eigenvalue weighted by Gasteiger charge is 2.22. The van der Waals surface area contributed by atoms with E-state index in [4.69, 9.17) is 9.47 Å². The summed E-state index contributed by atoms with van der Waals surface area (Å²) < 4.78 is 12.1. The van der Waals surface area contributed by atoms with E-state index in [1.807, 2.05) is 13.8 Å². The minimum Gasteiger partial charge on any atom is -0.493 e. The van der Waals surface area contributed by atoms with Gasteiger partial charge in [-0.25, -0.2) is 4.98 Å². The highest BCUT2D eigenvalue weighted by Crippen LogP contribution is 2.30. The van der Waals surface area contributed by atoms with E-state index < -0.39 is 5.91 Å². The van der Waals surface area contributed by atoms with Crippen molar-refractivity contribution < 1.29 is 19.1 Å². The predicted octanol–water partition coefficient (Wildman–Crippen LogP) is 2.99. The van der Waals surface area contributed by atoms with Gasteiger partial charge in [0.1, 0.15) is 0 Å². The Bertz CT molecular complexity index is 1040. The summed E-state index contributed by atoms with van der Waals surface area (Å²) in [7, 11) is 3.06. The molecule has 2 N–H and O–H groups in total. The van der Waals surface area contributed by atoms with E-state index >= 15 is 0 Å². The molecule has 0 saturated carbocycles. The normalized spacial score (nSPS) is 10.8. The fourth-order valence-corrected chi connectivity index (χ4v) is 2.85. The van der Waals surface area contributed by atoms with Crippen LogP contribution in [0.3, 0.4) is 0 Å². The van der Waals surface area contributed by atoms with Crippen molar-refractivity contribution in [2.45, 2.75) is 13.8 Å². The summed E-state index contributed by atoms with van der Waals surface area (Å²) >= 11 is 0. The maximum Gasteiger partial charge on any atom is 0.287 e. The molecule has 2 heterocycles. The first-order chi connectivity index (χ1) is 13.9. The number of fused-ring (bicyclic) bond motifs is 1. The molecule has 0 spiro atoms. The third-order valence-corrected chi connectivity index (χ3v) is 4.28. The van der Waals surface area contributed by atoms with E-state index in [-0.39, 0.29) is 17.4 Å². The van der Waals surface area contributed by atoms with Crippen LogP contribution in [0.15, 0.2) is 42.6 Å². The summed E-state index contributed by atoms with van der Waals surface area (Å²) in [5, 5.41) is 5.63. The van der Waals surface area contributed by atoms with Crippen LogP contribution in [-0.4, -0.2) is 42.0 Å². The molecule has 0 bridgehead atoms. The van der Waals surface area contributed by atoms with E-state index in [0.29, 0.717) is 35.2 Å². The Morgan fingerprint density at radius 2 is 1.83 bits per heavy atom. The van der Waals surface area contributed by atoms with Crippen molar-refractivity contribution >= 4 is 23.0 Å². The molecule has 0 radical (unpaired) electrons. The third kappa shape index (κ3) is 4.31. The first kappa shape index (κ1) is 20.2. The van der Waals surface area contributed by atoms with Crippen molar-refractivity contribution in [3.63, 3.8) is 0 Å². The lowest BCUT2D eigenvalue weighted by Gasteiger charge is -2.10. The Morgan fingerprint density at radius 3 is 2.52 bits per heavy atom. The summed E-state index contributed by atoms with van der Waals surface area (Å²) in [5.74, 6) is 0.765. The van der Waals surface area contributed by atoms with Crippen LogP contribution in [-0.2, 0) is 0 Å². The highest BCUT2D eigenvalue weighted by atomic mass is 16.5. The van der Waals surface area contributed by atoms with Gasteiger partial charge in [0.2, 0.25) is 5.82 Å². The second-order valence-electron chi connectivity index (χ2n) is 6.87. The quantitative estimate of drug-likeness (QED) is 0.640. The highest BCUT2D eigenvalue weighted by molar-refractivity contribution is 6.09. The molecule has 2 aromatic heterocycles. The number of anilines is 1. The number of benzene rings is 1. The topological polar surface area (TPSA) is 94.0 Å². The van der Waals surface area contributed by atoms with Gasteiger partial charge in [-0.3, -0.25) is 14.0 Å². The minimum absolute atomic E-state index is 0.162. The molecule has 0 aliphatic rings. The van der Waals surface area contributed by atoms with Crippen molar-refractivity contribution in [2.24, 2.45) is 5.92 Å². The molecular formula is C21H24N4O4. The second-order valence-corrected chi connectivity index (χ2v) is 6.87. The van der Waals surface area contributed by atoms with Gasteiger partial charge in [0.25, 0.3) is 11.8 Å². The number of hydrogen-bond acceptors (Lipinski definition) is 5. The first-order valence-corrected chi connectivity index (χ1v) is 9.23. The number of aromatic nitrogens is 2. The van der Waals surface area contributed by atoms with Gasteiger partial charge in [-0.2, -0.15) is 0 Å². The summed E-state index contributed by atoms with van der Waals surface area (Å²) in [6.07, 6.45) is 1.71. The van der Waals surface area contributed by atoms with E-state index in [0.717, 1.165) is 0 Å². The van der Waals surface area contributed by atoms with E-state index in [1.54, 1.807) is 54.1 Å². The van der Waals surface area contributed by atoms with Gasteiger partial charge in [0, 0.05) is 24.5 Å². The second kappa shape index (κ2) is 8.64. The molecule has 29 heavy (non-hydrogen) atoms. The van der Waals surface area contributed by atoms with Crippen LogP contribution in [0.4, 0.5) is 5.69 Å². The van der Waals surface area contributed by atoms with Crippen molar-refractivity contribution in [3.8, 4) is 11.5 Å². The minimum atomic E-state index is -0.427. The van der Waals surface area contributed by atoms with Crippen molar-refractivity contribution in [1.29, 1.82) is 0 Å². The molecule has 1 aromatic carbocycles. The summed E-state index contributed by atoms with van der Waals surface area (Å²) in [6.45, 7) is 4.53. The average molecular weight is 396 g/mol. The van der Waals surface area contributed by atoms with Crippen LogP contribution in [0.2, 0.25) is 0 Å². The average Bonchev–Trinajstić information content (AvgIpc) is 3.11. The van der Waals surface area contributed by atoms with Crippen LogP contribution in [0.5, 0.6) is 11.5 Å². The van der Waals surface area contributed by atoms with Crippen molar-refractivity contribution in [3.05, 3.63) is 54.1 Å². The molecule has 152 valence electrons. The molecule has 3 rings (SSSR count). The first-order valence-electron chi connectivity index (χ1n) is 9.23. The number of carbonyl (C=O) groups excluding carboxylic acids is 2. The van der Waals surface area contributed by atoms with Gasteiger partial charge >= 0.3 is 0 Å². The molecule has 0 unspecified atom stereocenters. The molecule has 3 aromatic rings. The van der Waals surface area contributed by atoms with Gasteiger partial charge in [-0.1, -0.05) is 19.9 Å². The Labute approximate surface area is 168 Å². The number of pyridine rings is 1. The molecule has 0 atom stereocenters. The largest absolute Gasteiger partial charge is 0.493 e. The van der Waals surface area contributed by atoms with Crippen molar-refractivity contribution in [2.75, 3.05) is 26.1 Å². The lowest BCUT2D eigenvalue weighted by molar-refractivity contribution is 0.0938.